The molecule has 2 amide bonds. The van der Waals surface area contributed by atoms with Gasteiger partial charge in [0.2, 0.25) is 0 Å². The Morgan fingerprint density at radius 3 is 2.81 bits per heavy atom. The molecule has 26 heavy (non-hydrogen) atoms. The van der Waals surface area contributed by atoms with Crippen LogP contribution in [0.15, 0.2) is 47.4 Å². The summed E-state index contributed by atoms with van der Waals surface area (Å²) in [5, 5.41) is -0.360. The van der Waals surface area contributed by atoms with Crippen molar-refractivity contribution in [3.05, 3.63) is 69.9 Å². The number of thioether (sulfide) groups is 1. The molecule has 0 saturated carbocycles. The zero-order valence-corrected chi connectivity index (χ0v) is 14.7. The topological polar surface area (TPSA) is 46.6 Å². The van der Waals surface area contributed by atoms with Gasteiger partial charge in [0.25, 0.3) is 11.1 Å². The number of carbonyl (C=O) groups excluding carboxylic acids is 2. The van der Waals surface area contributed by atoms with Gasteiger partial charge in [-0.05, 0) is 53.2 Å². The average Bonchev–Trinajstić information content (AvgIpc) is 2.91. The molecule has 0 aromatic heterocycles. The van der Waals surface area contributed by atoms with Crippen LogP contribution in [0.25, 0.3) is 6.08 Å². The van der Waals surface area contributed by atoms with Crippen molar-refractivity contribution in [3.8, 4) is 18.1 Å². The third-order valence-corrected chi connectivity index (χ3v) is 4.69. The summed E-state index contributed by atoms with van der Waals surface area (Å²) in [6.07, 6.45) is 6.92. The molecule has 1 saturated heterocycles. The molecule has 0 atom stereocenters. The highest BCUT2D eigenvalue weighted by atomic mass is 32.2. The van der Waals surface area contributed by atoms with Gasteiger partial charge in [-0.2, -0.15) is 0 Å². The number of nitrogens with zero attached hydrogens (tertiary/aromatic N) is 1. The van der Waals surface area contributed by atoms with Crippen LogP contribution in [0.5, 0.6) is 5.75 Å². The summed E-state index contributed by atoms with van der Waals surface area (Å²) in [5.41, 5.74) is 2.03. The lowest BCUT2D eigenvalue weighted by atomic mass is 10.1. The molecular formula is C20H14FNO3S. The minimum atomic E-state index is -0.494. The van der Waals surface area contributed by atoms with Crippen molar-refractivity contribution in [3.63, 3.8) is 0 Å². The van der Waals surface area contributed by atoms with Gasteiger partial charge in [0.1, 0.15) is 0 Å². The Bertz CT molecular complexity index is 962. The van der Waals surface area contributed by atoms with Gasteiger partial charge in [-0.3, -0.25) is 14.5 Å². The summed E-state index contributed by atoms with van der Waals surface area (Å²) in [7, 11) is 1.36. The third-order valence-electron chi connectivity index (χ3n) is 3.78. The molecule has 0 bridgehead atoms. The molecule has 2 aromatic rings. The Morgan fingerprint density at radius 2 is 2.08 bits per heavy atom. The van der Waals surface area contributed by atoms with E-state index in [4.69, 9.17) is 11.2 Å². The van der Waals surface area contributed by atoms with Crippen molar-refractivity contribution >= 4 is 29.0 Å². The fourth-order valence-corrected chi connectivity index (χ4v) is 3.33. The maximum absolute atomic E-state index is 13.5. The van der Waals surface area contributed by atoms with E-state index in [9.17, 15) is 14.0 Å². The summed E-state index contributed by atoms with van der Waals surface area (Å²) >= 11 is 0.847. The van der Waals surface area contributed by atoms with Crippen molar-refractivity contribution < 1.29 is 18.7 Å². The lowest BCUT2D eigenvalue weighted by molar-refractivity contribution is -0.123. The monoisotopic (exact) mass is 367 g/mol. The molecule has 0 aliphatic carbocycles. The lowest BCUT2D eigenvalue weighted by Gasteiger charge is -2.12. The molecule has 0 N–H and O–H groups in total. The van der Waals surface area contributed by atoms with Crippen molar-refractivity contribution in [2.24, 2.45) is 0 Å². The number of benzene rings is 2. The smallest absolute Gasteiger partial charge is 0.293 e. The summed E-state index contributed by atoms with van der Waals surface area (Å²) in [5.74, 6) is 1.71. The summed E-state index contributed by atoms with van der Waals surface area (Å²) in [4.78, 5) is 26.2. The van der Waals surface area contributed by atoms with Crippen LogP contribution in [0.4, 0.5) is 9.18 Å². The Balaban J connectivity index is 1.83. The van der Waals surface area contributed by atoms with E-state index in [0.717, 1.165) is 22.2 Å². The SMILES string of the molecule is C#Cc1cccc(CN2C(=O)S/C(=C\c3ccc(F)c(OC)c3)C2=O)c1. The predicted octanol–water partition coefficient (Wildman–Crippen LogP) is 4.05. The Morgan fingerprint density at radius 1 is 1.27 bits per heavy atom. The van der Waals surface area contributed by atoms with Crippen LogP contribution in [-0.2, 0) is 11.3 Å². The number of carbonyl (C=O) groups is 2. The van der Waals surface area contributed by atoms with E-state index in [1.54, 1.807) is 30.3 Å². The largest absolute Gasteiger partial charge is 0.494 e. The van der Waals surface area contributed by atoms with Gasteiger partial charge >= 0.3 is 0 Å². The molecule has 1 aliphatic rings. The van der Waals surface area contributed by atoms with Crippen LogP contribution in [0.1, 0.15) is 16.7 Å². The molecular weight excluding hydrogens is 353 g/mol. The van der Waals surface area contributed by atoms with Crippen LogP contribution in [0.2, 0.25) is 0 Å². The molecule has 0 unspecified atom stereocenters. The maximum Gasteiger partial charge on any atom is 0.293 e. The number of imide groups is 1. The van der Waals surface area contributed by atoms with Crippen molar-refractivity contribution in [2.75, 3.05) is 7.11 Å². The number of hydrogen-bond donors (Lipinski definition) is 0. The number of methoxy groups -OCH3 is 1. The quantitative estimate of drug-likeness (QED) is 0.604. The Hall–Kier alpha value is -3.04. The zero-order valence-electron chi connectivity index (χ0n) is 13.9. The Kier molecular flexibility index (Phi) is 5.10. The van der Waals surface area contributed by atoms with Gasteiger partial charge in [0.05, 0.1) is 18.6 Å². The number of rotatable bonds is 4. The molecule has 2 aromatic carbocycles. The number of amides is 2. The fraction of sp³-hybridized carbons (Fsp3) is 0.100. The van der Waals surface area contributed by atoms with E-state index in [1.165, 1.54) is 25.3 Å². The maximum atomic E-state index is 13.5. The summed E-state index contributed by atoms with van der Waals surface area (Å²) < 4.78 is 18.4. The number of hydrogen-bond acceptors (Lipinski definition) is 4. The molecule has 0 radical (unpaired) electrons. The third kappa shape index (κ3) is 3.63. The van der Waals surface area contributed by atoms with Crippen molar-refractivity contribution in [1.82, 2.24) is 4.90 Å². The molecule has 1 heterocycles. The second-order valence-corrected chi connectivity index (χ2v) is 6.50. The van der Waals surface area contributed by atoms with E-state index >= 15 is 0 Å². The van der Waals surface area contributed by atoms with E-state index < -0.39 is 11.7 Å². The minimum absolute atomic E-state index is 0.0732. The van der Waals surface area contributed by atoms with E-state index in [2.05, 4.69) is 5.92 Å². The van der Waals surface area contributed by atoms with Crippen LogP contribution < -0.4 is 4.74 Å². The van der Waals surface area contributed by atoms with Gasteiger partial charge < -0.3 is 4.74 Å². The van der Waals surface area contributed by atoms with Crippen molar-refractivity contribution in [1.29, 1.82) is 0 Å². The highest BCUT2D eigenvalue weighted by molar-refractivity contribution is 8.18. The first kappa shape index (κ1) is 17.8. The number of halogens is 1. The summed E-state index contributed by atoms with van der Waals surface area (Å²) in [6.45, 7) is 0.143. The van der Waals surface area contributed by atoms with Gasteiger partial charge in [-0.25, -0.2) is 4.39 Å². The second kappa shape index (κ2) is 7.46. The van der Waals surface area contributed by atoms with Gasteiger partial charge in [0, 0.05) is 5.56 Å². The molecule has 4 nitrogen and oxygen atoms in total. The normalized spacial score (nSPS) is 15.4. The molecule has 1 fully saturated rings. The van der Waals surface area contributed by atoms with Gasteiger partial charge in [-0.15, -0.1) is 6.42 Å². The first-order valence-electron chi connectivity index (χ1n) is 7.66. The number of ether oxygens (including phenoxy) is 1. The highest BCUT2D eigenvalue weighted by Crippen LogP contribution is 2.34. The minimum Gasteiger partial charge on any atom is -0.494 e. The van der Waals surface area contributed by atoms with E-state index in [1.807, 2.05) is 0 Å². The zero-order chi connectivity index (χ0) is 18.7. The molecule has 130 valence electrons. The molecule has 1 aliphatic heterocycles. The van der Waals surface area contributed by atoms with Crippen molar-refractivity contribution in [2.45, 2.75) is 6.54 Å². The second-order valence-electron chi connectivity index (χ2n) is 5.51. The Labute approximate surface area is 154 Å². The molecule has 0 spiro atoms. The molecule has 6 heteroatoms. The van der Waals surface area contributed by atoms with Crippen LogP contribution in [0.3, 0.4) is 0 Å². The summed E-state index contributed by atoms with van der Waals surface area (Å²) in [6, 6.07) is 11.4. The molecule has 3 rings (SSSR count). The number of terminal acetylenes is 1. The average molecular weight is 367 g/mol. The fourth-order valence-electron chi connectivity index (χ4n) is 2.50. The van der Waals surface area contributed by atoms with E-state index in [-0.39, 0.29) is 22.4 Å². The van der Waals surface area contributed by atoms with Crippen LogP contribution in [0, 0.1) is 18.2 Å². The predicted molar refractivity (Wildman–Crippen MR) is 98.8 cm³/mol. The standard InChI is InChI=1S/C20H14FNO3S/c1-3-13-5-4-6-15(9-13)12-22-19(23)18(26-20(22)24)11-14-7-8-16(21)17(10-14)25-2/h1,4-11H,12H2,2H3/b18-11-. The van der Waals surface area contributed by atoms with Crippen LogP contribution in [-0.4, -0.2) is 23.2 Å². The first-order chi connectivity index (χ1) is 12.5. The van der Waals surface area contributed by atoms with Gasteiger partial charge in [-0.1, -0.05) is 24.1 Å². The lowest BCUT2D eigenvalue weighted by Crippen LogP contribution is -2.27. The highest BCUT2D eigenvalue weighted by Gasteiger charge is 2.35. The van der Waals surface area contributed by atoms with Crippen LogP contribution >= 0.6 is 11.8 Å². The first-order valence-corrected chi connectivity index (χ1v) is 8.48. The van der Waals surface area contributed by atoms with E-state index in [0.29, 0.717) is 11.1 Å². The van der Waals surface area contributed by atoms with Gasteiger partial charge in [0.15, 0.2) is 11.6 Å².